The summed E-state index contributed by atoms with van der Waals surface area (Å²) in [4.78, 5) is 0.0828. The zero-order valence-corrected chi connectivity index (χ0v) is 16.0. The highest BCUT2D eigenvalue weighted by Crippen LogP contribution is 2.26. The van der Waals surface area contributed by atoms with E-state index in [0.717, 1.165) is 5.56 Å². The van der Waals surface area contributed by atoms with Gasteiger partial charge in [0.25, 0.3) is 10.0 Å². The van der Waals surface area contributed by atoms with Crippen molar-refractivity contribution in [2.45, 2.75) is 4.90 Å². The van der Waals surface area contributed by atoms with Crippen LogP contribution in [0.5, 0.6) is 0 Å². The number of nitrogens with one attached hydrogen (secondary N) is 1. The second-order valence-electron chi connectivity index (χ2n) is 5.92. The van der Waals surface area contributed by atoms with Gasteiger partial charge in [-0.2, -0.15) is 0 Å². The highest BCUT2D eigenvalue weighted by molar-refractivity contribution is 7.92. The van der Waals surface area contributed by atoms with Gasteiger partial charge in [0.2, 0.25) is 11.8 Å². The average molecular weight is 412 g/mol. The van der Waals surface area contributed by atoms with E-state index in [4.69, 9.17) is 16.0 Å². The third-order valence-corrected chi connectivity index (χ3v) is 5.56. The summed E-state index contributed by atoms with van der Waals surface area (Å²) < 4.78 is 33.6. The number of rotatable bonds is 5. The molecular weight excluding hydrogens is 398 g/mol. The molecule has 0 aliphatic rings. The molecule has 0 radical (unpaired) electrons. The molecule has 0 saturated carbocycles. The van der Waals surface area contributed by atoms with Gasteiger partial charge in [0.1, 0.15) is 0 Å². The van der Waals surface area contributed by atoms with E-state index in [1.165, 1.54) is 12.1 Å². The Hall–Kier alpha value is -3.16. The van der Waals surface area contributed by atoms with Crippen LogP contribution in [0.4, 0.5) is 5.69 Å². The predicted molar refractivity (Wildman–Crippen MR) is 107 cm³/mol. The molecule has 0 amide bonds. The molecule has 3 aromatic carbocycles. The number of aromatic nitrogens is 2. The van der Waals surface area contributed by atoms with Gasteiger partial charge in [0, 0.05) is 21.8 Å². The Morgan fingerprint density at radius 3 is 2.14 bits per heavy atom. The van der Waals surface area contributed by atoms with Crippen LogP contribution >= 0.6 is 11.6 Å². The van der Waals surface area contributed by atoms with E-state index in [2.05, 4.69) is 14.9 Å². The summed E-state index contributed by atoms with van der Waals surface area (Å²) in [6.45, 7) is 0. The van der Waals surface area contributed by atoms with Gasteiger partial charge >= 0.3 is 0 Å². The zero-order chi connectivity index (χ0) is 19.6. The fourth-order valence-electron chi connectivity index (χ4n) is 2.57. The minimum Gasteiger partial charge on any atom is -0.416 e. The van der Waals surface area contributed by atoms with Crippen LogP contribution in [0.25, 0.3) is 22.9 Å². The number of halogens is 1. The van der Waals surface area contributed by atoms with Crippen molar-refractivity contribution in [3.63, 3.8) is 0 Å². The first kappa shape index (κ1) is 18.2. The molecule has 0 unspecified atom stereocenters. The first-order valence-electron chi connectivity index (χ1n) is 8.29. The van der Waals surface area contributed by atoms with Crippen molar-refractivity contribution in [2.24, 2.45) is 0 Å². The summed E-state index contributed by atoms with van der Waals surface area (Å²) in [5.41, 5.74) is 1.71. The number of benzene rings is 3. The molecule has 0 fully saturated rings. The molecule has 0 bridgehead atoms. The van der Waals surface area contributed by atoms with Crippen molar-refractivity contribution in [1.82, 2.24) is 10.2 Å². The molecule has 4 aromatic rings. The monoisotopic (exact) mass is 411 g/mol. The molecule has 0 aliphatic heterocycles. The molecular formula is C20H14ClN3O3S. The molecule has 4 rings (SSSR count). The lowest BCUT2D eigenvalue weighted by Gasteiger charge is -2.08. The van der Waals surface area contributed by atoms with Crippen LogP contribution in [0, 0.1) is 0 Å². The first-order chi connectivity index (χ1) is 13.5. The maximum Gasteiger partial charge on any atom is 0.261 e. The van der Waals surface area contributed by atoms with Crippen LogP contribution in [0.2, 0.25) is 5.02 Å². The highest BCUT2D eigenvalue weighted by Gasteiger charge is 2.17. The SMILES string of the molecule is O=S(=O)(Nc1ccc(Cl)cc1)c1cccc(-c2nnc(-c3ccccc3)o2)c1. The van der Waals surface area contributed by atoms with Crippen molar-refractivity contribution < 1.29 is 12.8 Å². The normalized spacial score (nSPS) is 11.3. The Morgan fingerprint density at radius 1 is 0.786 bits per heavy atom. The number of anilines is 1. The molecule has 1 heterocycles. The first-order valence-corrected chi connectivity index (χ1v) is 10.2. The van der Waals surface area contributed by atoms with Gasteiger partial charge in [0.05, 0.1) is 4.90 Å². The van der Waals surface area contributed by atoms with Crippen molar-refractivity contribution >= 4 is 27.3 Å². The molecule has 1 aromatic heterocycles. The smallest absolute Gasteiger partial charge is 0.261 e. The third kappa shape index (κ3) is 3.90. The van der Waals surface area contributed by atoms with Crippen LogP contribution in [0.15, 0.2) is 88.2 Å². The molecule has 6 nitrogen and oxygen atoms in total. The van der Waals surface area contributed by atoms with E-state index in [1.807, 2.05) is 30.3 Å². The second kappa shape index (κ2) is 7.46. The van der Waals surface area contributed by atoms with Crippen molar-refractivity contribution in [1.29, 1.82) is 0 Å². The molecule has 0 saturated heterocycles. The molecule has 0 aliphatic carbocycles. The lowest BCUT2D eigenvalue weighted by Crippen LogP contribution is -2.12. The van der Waals surface area contributed by atoms with Gasteiger partial charge in [0.15, 0.2) is 0 Å². The number of hydrogen-bond acceptors (Lipinski definition) is 5. The van der Waals surface area contributed by atoms with Gasteiger partial charge in [-0.3, -0.25) is 4.72 Å². The molecule has 8 heteroatoms. The van der Waals surface area contributed by atoms with Gasteiger partial charge in [-0.15, -0.1) is 10.2 Å². The van der Waals surface area contributed by atoms with E-state index in [-0.39, 0.29) is 10.8 Å². The standard InChI is InChI=1S/C20H14ClN3O3S/c21-16-9-11-17(12-10-16)24-28(25,26)18-8-4-7-15(13-18)20-23-22-19(27-20)14-5-2-1-3-6-14/h1-13,24H. The summed E-state index contributed by atoms with van der Waals surface area (Å²) in [7, 11) is -3.78. The Morgan fingerprint density at radius 2 is 1.43 bits per heavy atom. The van der Waals surface area contributed by atoms with E-state index >= 15 is 0 Å². The van der Waals surface area contributed by atoms with Crippen LogP contribution in [0.3, 0.4) is 0 Å². The Bertz CT molecular complexity index is 1210. The van der Waals surface area contributed by atoms with Gasteiger partial charge in [-0.1, -0.05) is 35.9 Å². The molecule has 140 valence electrons. The largest absolute Gasteiger partial charge is 0.416 e. The fourth-order valence-corrected chi connectivity index (χ4v) is 3.80. The molecule has 0 spiro atoms. The topological polar surface area (TPSA) is 85.1 Å². The molecule has 0 atom stereocenters. The minimum absolute atomic E-state index is 0.0828. The number of nitrogens with zero attached hydrogens (tertiary/aromatic N) is 2. The van der Waals surface area contributed by atoms with Crippen LogP contribution in [-0.4, -0.2) is 18.6 Å². The highest BCUT2D eigenvalue weighted by atomic mass is 35.5. The Labute approximate surface area is 166 Å². The van der Waals surface area contributed by atoms with Crippen molar-refractivity contribution in [2.75, 3.05) is 4.72 Å². The number of sulfonamides is 1. The Balaban J connectivity index is 1.63. The van der Waals surface area contributed by atoms with E-state index < -0.39 is 10.0 Å². The number of hydrogen-bond donors (Lipinski definition) is 1. The second-order valence-corrected chi connectivity index (χ2v) is 8.04. The summed E-state index contributed by atoms with van der Waals surface area (Å²) in [6, 6.07) is 22.1. The predicted octanol–water partition coefficient (Wildman–Crippen LogP) is 4.86. The van der Waals surface area contributed by atoms with Crippen LogP contribution in [-0.2, 0) is 10.0 Å². The van der Waals surface area contributed by atoms with Crippen LogP contribution < -0.4 is 4.72 Å². The third-order valence-electron chi connectivity index (χ3n) is 3.93. The lowest BCUT2D eigenvalue weighted by atomic mass is 10.2. The summed E-state index contributed by atoms with van der Waals surface area (Å²) in [5.74, 6) is 0.602. The van der Waals surface area contributed by atoms with Crippen molar-refractivity contribution in [3.05, 3.63) is 83.9 Å². The van der Waals surface area contributed by atoms with Crippen LogP contribution in [0.1, 0.15) is 0 Å². The minimum atomic E-state index is -3.78. The zero-order valence-electron chi connectivity index (χ0n) is 14.4. The quantitative estimate of drug-likeness (QED) is 0.507. The average Bonchev–Trinajstić information content (AvgIpc) is 3.21. The summed E-state index contributed by atoms with van der Waals surface area (Å²) in [6.07, 6.45) is 0. The Kier molecular flexibility index (Phi) is 4.85. The fraction of sp³-hybridized carbons (Fsp3) is 0. The van der Waals surface area contributed by atoms with Gasteiger partial charge in [-0.05, 0) is 54.6 Å². The van der Waals surface area contributed by atoms with E-state index in [9.17, 15) is 8.42 Å². The molecule has 28 heavy (non-hydrogen) atoms. The molecule has 1 N–H and O–H groups in total. The van der Waals surface area contributed by atoms with E-state index in [1.54, 1.807) is 36.4 Å². The maximum atomic E-state index is 12.7. The summed E-state index contributed by atoms with van der Waals surface area (Å²) >= 11 is 5.83. The summed E-state index contributed by atoms with van der Waals surface area (Å²) in [5, 5.41) is 8.59. The van der Waals surface area contributed by atoms with Gasteiger partial charge < -0.3 is 4.42 Å². The van der Waals surface area contributed by atoms with Gasteiger partial charge in [-0.25, -0.2) is 8.42 Å². The van der Waals surface area contributed by atoms with Crippen molar-refractivity contribution in [3.8, 4) is 22.9 Å². The maximum absolute atomic E-state index is 12.7. The lowest BCUT2D eigenvalue weighted by molar-refractivity contribution is 0.584. The van der Waals surface area contributed by atoms with E-state index in [0.29, 0.717) is 22.2 Å².